The Bertz CT molecular complexity index is 873. The summed E-state index contributed by atoms with van der Waals surface area (Å²) in [6, 6.07) is 20.0. The zero-order valence-corrected chi connectivity index (χ0v) is 15.4. The predicted molar refractivity (Wildman–Crippen MR) is 104 cm³/mol. The lowest BCUT2D eigenvalue weighted by atomic mass is 10.0. The van der Waals surface area contributed by atoms with Crippen molar-refractivity contribution in [1.29, 1.82) is 0 Å². The van der Waals surface area contributed by atoms with Crippen molar-refractivity contribution >= 4 is 44.2 Å². The van der Waals surface area contributed by atoms with E-state index in [0.717, 1.165) is 17.3 Å². The second-order valence-electron chi connectivity index (χ2n) is 5.62. The second-order valence-corrected chi connectivity index (χ2v) is 6.94. The summed E-state index contributed by atoms with van der Waals surface area (Å²) in [4.78, 5) is 12.2. The van der Waals surface area contributed by atoms with Gasteiger partial charge in [-0.15, -0.1) is 0 Å². The second kappa shape index (κ2) is 7.82. The van der Waals surface area contributed by atoms with Crippen LogP contribution in [0.25, 0.3) is 10.8 Å². The van der Waals surface area contributed by atoms with Gasteiger partial charge in [-0.1, -0.05) is 70.0 Å². The van der Waals surface area contributed by atoms with Crippen LogP contribution in [0.4, 0.5) is 0 Å². The fourth-order valence-corrected chi connectivity index (χ4v) is 3.32. The summed E-state index contributed by atoms with van der Waals surface area (Å²) < 4.78 is 0.841. The van der Waals surface area contributed by atoms with E-state index in [0.29, 0.717) is 17.1 Å². The van der Waals surface area contributed by atoms with E-state index in [1.54, 1.807) is 12.1 Å². The lowest BCUT2D eigenvalue weighted by molar-refractivity contribution is 0.0953. The van der Waals surface area contributed by atoms with Gasteiger partial charge in [0.15, 0.2) is 0 Å². The maximum Gasteiger partial charge on any atom is 0.252 e. The molecule has 0 radical (unpaired) electrons. The number of hydrogen-bond donors (Lipinski definition) is 1. The first kappa shape index (κ1) is 17.0. The van der Waals surface area contributed by atoms with Gasteiger partial charge < -0.3 is 5.32 Å². The van der Waals surface area contributed by atoms with Crippen molar-refractivity contribution < 1.29 is 4.79 Å². The molecule has 0 fully saturated rings. The molecule has 0 unspecified atom stereocenters. The zero-order chi connectivity index (χ0) is 16.9. The van der Waals surface area contributed by atoms with E-state index in [9.17, 15) is 4.79 Å². The number of benzene rings is 3. The van der Waals surface area contributed by atoms with E-state index in [1.165, 1.54) is 16.3 Å². The molecule has 0 spiro atoms. The van der Waals surface area contributed by atoms with Crippen LogP contribution >= 0.6 is 27.5 Å². The zero-order valence-electron chi connectivity index (χ0n) is 13.1. The Hall–Kier alpha value is -1.84. The predicted octanol–water partition coefficient (Wildman–Crippen LogP) is 5.62. The van der Waals surface area contributed by atoms with Crippen LogP contribution < -0.4 is 5.32 Å². The highest BCUT2D eigenvalue weighted by Crippen LogP contribution is 2.21. The molecule has 3 rings (SSSR count). The molecule has 0 aliphatic carbocycles. The molecular formula is C20H17BrClNO. The van der Waals surface area contributed by atoms with Gasteiger partial charge in [0.1, 0.15) is 0 Å². The van der Waals surface area contributed by atoms with Gasteiger partial charge in [0.05, 0.1) is 10.6 Å². The molecule has 0 saturated heterocycles. The summed E-state index contributed by atoms with van der Waals surface area (Å²) in [6.45, 7) is 0.616. The molecule has 4 heteroatoms. The largest absolute Gasteiger partial charge is 0.352 e. The minimum Gasteiger partial charge on any atom is -0.352 e. The lowest BCUT2D eigenvalue weighted by Crippen LogP contribution is -2.25. The number of carbonyl (C=O) groups is 1. The fourth-order valence-electron chi connectivity index (χ4n) is 2.76. The van der Waals surface area contributed by atoms with Crippen molar-refractivity contribution in [3.63, 3.8) is 0 Å². The molecule has 24 heavy (non-hydrogen) atoms. The highest BCUT2D eigenvalue weighted by atomic mass is 79.9. The molecule has 0 heterocycles. The third-order valence-corrected chi connectivity index (χ3v) is 4.78. The number of rotatable bonds is 5. The normalized spacial score (nSPS) is 10.8. The van der Waals surface area contributed by atoms with Crippen LogP contribution in [0.15, 0.2) is 65.1 Å². The summed E-state index contributed by atoms with van der Waals surface area (Å²) in [6.07, 6.45) is 1.80. The number of aryl methyl sites for hydroxylation is 1. The molecule has 122 valence electrons. The fraction of sp³-hybridized carbons (Fsp3) is 0.150. The van der Waals surface area contributed by atoms with Gasteiger partial charge in [-0.25, -0.2) is 0 Å². The molecule has 3 aromatic carbocycles. The summed E-state index contributed by atoms with van der Waals surface area (Å²) in [5.74, 6) is -0.140. The van der Waals surface area contributed by atoms with E-state index in [2.05, 4.69) is 57.6 Å². The topological polar surface area (TPSA) is 29.1 Å². The first-order valence-electron chi connectivity index (χ1n) is 7.85. The number of halogens is 2. The minimum atomic E-state index is -0.140. The maximum absolute atomic E-state index is 12.2. The van der Waals surface area contributed by atoms with Crippen LogP contribution in [0, 0.1) is 0 Å². The van der Waals surface area contributed by atoms with Crippen LogP contribution in [0.1, 0.15) is 22.3 Å². The van der Waals surface area contributed by atoms with Crippen LogP contribution in [-0.4, -0.2) is 12.5 Å². The summed E-state index contributed by atoms with van der Waals surface area (Å²) in [7, 11) is 0. The van der Waals surface area contributed by atoms with Gasteiger partial charge in [0, 0.05) is 11.0 Å². The molecule has 0 atom stereocenters. The third-order valence-electron chi connectivity index (χ3n) is 3.96. The molecule has 2 nitrogen and oxygen atoms in total. The lowest BCUT2D eigenvalue weighted by Gasteiger charge is -2.09. The van der Waals surface area contributed by atoms with Crippen molar-refractivity contribution in [2.75, 3.05) is 6.54 Å². The average molecular weight is 403 g/mol. The van der Waals surface area contributed by atoms with Gasteiger partial charge in [-0.05, 0) is 47.4 Å². The summed E-state index contributed by atoms with van der Waals surface area (Å²) in [5, 5.41) is 5.93. The van der Waals surface area contributed by atoms with Crippen LogP contribution in [0.2, 0.25) is 5.02 Å². The Morgan fingerprint density at radius 3 is 2.71 bits per heavy atom. The van der Waals surface area contributed by atoms with E-state index in [1.807, 2.05) is 12.1 Å². The molecule has 3 aromatic rings. The van der Waals surface area contributed by atoms with Crippen molar-refractivity contribution in [2.24, 2.45) is 0 Å². The highest BCUT2D eigenvalue weighted by Gasteiger charge is 2.10. The Balaban J connectivity index is 1.59. The first-order chi connectivity index (χ1) is 11.6. The van der Waals surface area contributed by atoms with Crippen molar-refractivity contribution in [3.8, 4) is 0 Å². The molecular weight excluding hydrogens is 386 g/mol. The van der Waals surface area contributed by atoms with Gasteiger partial charge in [0.2, 0.25) is 0 Å². The Morgan fingerprint density at radius 1 is 1.04 bits per heavy atom. The van der Waals surface area contributed by atoms with Gasteiger partial charge in [-0.3, -0.25) is 4.79 Å². The Kier molecular flexibility index (Phi) is 5.54. The number of hydrogen-bond acceptors (Lipinski definition) is 1. The number of amides is 1. The minimum absolute atomic E-state index is 0.140. The molecule has 0 aliphatic rings. The Morgan fingerprint density at radius 2 is 1.83 bits per heavy atom. The van der Waals surface area contributed by atoms with Crippen molar-refractivity contribution in [2.45, 2.75) is 12.8 Å². The van der Waals surface area contributed by atoms with Gasteiger partial charge >= 0.3 is 0 Å². The van der Waals surface area contributed by atoms with Gasteiger partial charge in [-0.2, -0.15) is 0 Å². The van der Waals surface area contributed by atoms with E-state index in [4.69, 9.17) is 11.6 Å². The van der Waals surface area contributed by atoms with Crippen molar-refractivity contribution in [3.05, 3.63) is 81.3 Å². The third kappa shape index (κ3) is 3.97. The van der Waals surface area contributed by atoms with E-state index >= 15 is 0 Å². The quantitative estimate of drug-likeness (QED) is 0.551. The highest BCUT2D eigenvalue weighted by molar-refractivity contribution is 9.10. The summed E-state index contributed by atoms with van der Waals surface area (Å²) >= 11 is 9.44. The maximum atomic E-state index is 12.2. The van der Waals surface area contributed by atoms with Crippen LogP contribution in [0.3, 0.4) is 0 Å². The molecule has 0 aromatic heterocycles. The molecule has 0 saturated carbocycles. The standard InChI is InChI=1S/C20H17BrClNO/c21-16-10-11-19(22)18(13-16)20(24)23-12-4-8-15-7-3-6-14-5-1-2-9-17(14)15/h1-3,5-7,9-11,13H,4,8,12H2,(H,23,24). The number of carbonyl (C=O) groups excluding carboxylic acids is 1. The molecule has 0 aliphatic heterocycles. The smallest absolute Gasteiger partial charge is 0.252 e. The van der Waals surface area contributed by atoms with Crippen LogP contribution in [-0.2, 0) is 6.42 Å². The number of fused-ring (bicyclic) bond motifs is 1. The summed E-state index contributed by atoms with van der Waals surface area (Å²) in [5.41, 5.74) is 1.80. The van der Waals surface area contributed by atoms with Crippen LogP contribution in [0.5, 0.6) is 0 Å². The number of nitrogens with one attached hydrogen (secondary N) is 1. The molecule has 1 amide bonds. The van der Waals surface area contributed by atoms with Crippen molar-refractivity contribution in [1.82, 2.24) is 5.32 Å². The van der Waals surface area contributed by atoms with E-state index in [-0.39, 0.29) is 5.91 Å². The Labute approximate surface area is 155 Å². The molecule has 1 N–H and O–H groups in total. The average Bonchev–Trinajstić information content (AvgIpc) is 2.60. The molecule has 0 bridgehead atoms. The SMILES string of the molecule is O=C(NCCCc1cccc2ccccc12)c1cc(Br)ccc1Cl. The first-order valence-corrected chi connectivity index (χ1v) is 9.02. The van der Waals surface area contributed by atoms with E-state index < -0.39 is 0 Å². The monoisotopic (exact) mass is 401 g/mol. The van der Waals surface area contributed by atoms with Gasteiger partial charge in [0.25, 0.3) is 5.91 Å².